The van der Waals surface area contributed by atoms with E-state index in [0.717, 1.165) is 12.8 Å². The highest BCUT2D eigenvalue weighted by molar-refractivity contribution is 5.37. The number of hydrogen-bond acceptors (Lipinski definition) is 3. The van der Waals surface area contributed by atoms with E-state index in [1.54, 1.807) is 18.2 Å². The van der Waals surface area contributed by atoms with Gasteiger partial charge in [-0.05, 0) is 30.9 Å². The van der Waals surface area contributed by atoms with Crippen molar-refractivity contribution in [3.63, 3.8) is 0 Å². The van der Waals surface area contributed by atoms with Crippen LogP contribution in [0.2, 0.25) is 0 Å². The second-order valence-electron chi connectivity index (χ2n) is 4.74. The zero-order valence-corrected chi connectivity index (χ0v) is 10.0. The van der Waals surface area contributed by atoms with Gasteiger partial charge in [0.25, 0.3) is 0 Å². The summed E-state index contributed by atoms with van der Waals surface area (Å²) in [6.45, 7) is 0.266. The van der Waals surface area contributed by atoms with Crippen LogP contribution in [-0.2, 0) is 0 Å². The molecule has 0 saturated heterocycles. The Morgan fingerprint density at radius 1 is 1.18 bits per heavy atom. The van der Waals surface area contributed by atoms with Gasteiger partial charge in [-0.25, -0.2) is 0 Å². The van der Waals surface area contributed by atoms with Gasteiger partial charge in [0.2, 0.25) is 0 Å². The number of rotatable bonds is 4. The predicted molar refractivity (Wildman–Crippen MR) is 66.2 cm³/mol. The number of phenolic OH excluding ortho intramolecular Hbond substituents is 1. The lowest BCUT2D eigenvalue weighted by atomic mass is 9.85. The minimum absolute atomic E-state index is 0.128. The molecule has 0 bridgehead atoms. The van der Waals surface area contributed by atoms with Crippen molar-refractivity contribution in [2.75, 3.05) is 6.61 Å². The van der Waals surface area contributed by atoms with E-state index in [1.807, 2.05) is 6.07 Å². The summed E-state index contributed by atoms with van der Waals surface area (Å²) in [5.74, 6) is 0.931. The summed E-state index contributed by atoms with van der Waals surface area (Å²) in [6, 6.07) is 6.85. The summed E-state index contributed by atoms with van der Waals surface area (Å²) >= 11 is 0. The molecule has 2 N–H and O–H groups in total. The van der Waals surface area contributed by atoms with E-state index in [0.29, 0.717) is 11.7 Å². The van der Waals surface area contributed by atoms with Gasteiger partial charge in [0.05, 0.1) is 6.10 Å². The monoisotopic (exact) mass is 236 g/mol. The van der Waals surface area contributed by atoms with Crippen LogP contribution < -0.4 is 4.74 Å². The quantitative estimate of drug-likeness (QED) is 0.845. The first-order chi connectivity index (χ1) is 8.27. The minimum Gasteiger partial charge on any atom is -0.504 e. The molecule has 1 saturated carbocycles. The van der Waals surface area contributed by atoms with Crippen LogP contribution in [0.1, 0.15) is 32.1 Å². The van der Waals surface area contributed by atoms with Gasteiger partial charge >= 0.3 is 0 Å². The third kappa shape index (κ3) is 3.37. The number of phenols is 1. The molecule has 0 amide bonds. The van der Waals surface area contributed by atoms with Crippen LogP contribution in [0.3, 0.4) is 0 Å². The van der Waals surface area contributed by atoms with Gasteiger partial charge in [-0.1, -0.05) is 31.4 Å². The zero-order chi connectivity index (χ0) is 12.1. The molecule has 1 aliphatic carbocycles. The largest absolute Gasteiger partial charge is 0.504 e. The second kappa shape index (κ2) is 5.92. The lowest BCUT2D eigenvalue weighted by Gasteiger charge is -2.26. The van der Waals surface area contributed by atoms with E-state index in [9.17, 15) is 10.2 Å². The molecule has 1 atom stereocenters. The maximum Gasteiger partial charge on any atom is 0.161 e. The van der Waals surface area contributed by atoms with E-state index in [2.05, 4.69) is 0 Å². The lowest BCUT2D eigenvalue weighted by molar-refractivity contribution is 0.0406. The fourth-order valence-corrected chi connectivity index (χ4v) is 2.41. The highest BCUT2D eigenvalue weighted by atomic mass is 16.5. The van der Waals surface area contributed by atoms with Crippen molar-refractivity contribution >= 4 is 0 Å². The van der Waals surface area contributed by atoms with Crippen molar-refractivity contribution < 1.29 is 14.9 Å². The SMILES string of the molecule is Oc1ccccc1OCC(O)C1CCCCC1. The summed E-state index contributed by atoms with van der Waals surface area (Å²) < 4.78 is 5.45. The van der Waals surface area contributed by atoms with Gasteiger partial charge in [-0.15, -0.1) is 0 Å². The third-order valence-corrected chi connectivity index (χ3v) is 3.47. The Labute approximate surface area is 102 Å². The van der Waals surface area contributed by atoms with E-state index in [-0.39, 0.29) is 12.4 Å². The minimum atomic E-state index is -0.421. The summed E-state index contributed by atoms with van der Waals surface area (Å²) in [6.07, 6.45) is 5.45. The van der Waals surface area contributed by atoms with Gasteiger partial charge < -0.3 is 14.9 Å². The number of hydrogen-bond donors (Lipinski definition) is 2. The van der Waals surface area contributed by atoms with Crippen molar-refractivity contribution in [2.45, 2.75) is 38.2 Å². The molecule has 1 fully saturated rings. The van der Waals surface area contributed by atoms with E-state index in [4.69, 9.17) is 4.74 Å². The standard InChI is InChI=1S/C14H20O3/c15-12-8-4-5-9-14(12)17-10-13(16)11-6-2-1-3-7-11/h4-5,8-9,11,13,15-16H,1-3,6-7,10H2. The van der Waals surface area contributed by atoms with Gasteiger partial charge in [0.1, 0.15) is 6.61 Å². The van der Waals surface area contributed by atoms with Gasteiger partial charge in [0.15, 0.2) is 11.5 Å². The molecular formula is C14H20O3. The van der Waals surface area contributed by atoms with Crippen LogP contribution in [0.15, 0.2) is 24.3 Å². The maximum absolute atomic E-state index is 10.0. The first-order valence-electron chi connectivity index (χ1n) is 6.36. The first kappa shape index (κ1) is 12.2. The number of ether oxygens (including phenoxy) is 1. The predicted octanol–water partition coefficient (Wildman–Crippen LogP) is 2.71. The highest BCUT2D eigenvalue weighted by Crippen LogP contribution is 2.28. The second-order valence-corrected chi connectivity index (χ2v) is 4.74. The smallest absolute Gasteiger partial charge is 0.161 e. The summed E-state index contributed by atoms with van der Waals surface area (Å²) in [5.41, 5.74) is 0. The van der Waals surface area contributed by atoms with Crippen molar-refractivity contribution in [2.24, 2.45) is 5.92 Å². The first-order valence-corrected chi connectivity index (χ1v) is 6.36. The molecule has 0 spiro atoms. The van der Waals surface area contributed by atoms with Crippen LogP contribution in [0.5, 0.6) is 11.5 Å². The number of benzene rings is 1. The van der Waals surface area contributed by atoms with Crippen LogP contribution in [0.25, 0.3) is 0 Å². The molecular weight excluding hydrogens is 216 g/mol. The Morgan fingerprint density at radius 3 is 2.59 bits per heavy atom. The topological polar surface area (TPSA) is 49.7 Å². The molecule has 1 aromatic rings. The van der Waals surface area contributed by atoms with Crippen LogP contribution in [0.4, 0.5) is 0 Å². The van der Waals surface area contributed by atoms with Gasteiger partial charge in [-0.2, -0.15) is 0 Å². The molecule has 0 radical (unpaired) electrons. The molecule has 2 rings (SSSR count). The summed E-state index contributed by atoms with van der Waals surface area (Å²) in [5, 5.41) is 19.5. The molecule has 94 valence electrons. The number of aliphatic hydroxyl groups excluding tert-OH is 1. The van der Waals surface area contributed by atoms with E-state index in [1.165, 1.54) is 19.3 Å². The van der Waals surface area contributed by atoms with Gasteiger partial charge in [0, 0.05) is 0 Å². The Kier molecular flexibility index (Phi) is 4.26. The Balaban J connectivity index is 1.83. The number of aromatic hydroxyl groups is 1. The van der Waals surface area contributed by atoms with Crippen molar-refractivity contribution in [1.82, 2.24) is 0 Å². The molecule has 1 unspecified atom stereocenters. The number of aliphatic hydroxyl groups is 1. The van der Waals surface area contributed by atoms with Crippen LogP contribution in [-0.4, -0.2) is 22.9 Å². The van der Waals surface area contributed by atoms with E-state index < -0.39 is 6.10 Å². The lowest BCUT2D eigenvalue weighted by Crippen LogP contribution is -2.28. The highest BCUT2D eigenvalue weighted by Gasteiger charge is 2.22. The molecule has 0 aromatic heterocycles. The summed E-state index contributed by atoms with van der Waals surface area (Å²) in [7, 11) is 0. The van der Waals surface area contributed by atoms with Crippen molar-refractivity contribution in [3.8, 4) is 11.5 Å². The number of para-hydroxylation sites is 2. The summed E-state index contributed by atoms with van der Waals surface area (Å²) in [4.78, 5) is 0. The fraction of sp³-hybridized carbons (Fsp3) is 0.571. The Morgan fingerprint density at radius 2 is 1.88 bits per heavy atom. The van der Waals surface area contributed by atoms with Crippen molar-refractivity contribution in [3.05, 3.63) is 24.3 Å². The van der Waals surface area contributed by atoms with Crippen molar-refractivity contribution in [1.29, 1.82) is 0 Å². The average Bonchev–Trinajstić information content (AvgIpc) is 2.38. The average molecular weight is 236 g/mol. The Bertz CT molecular complexity index is 345. The van der Waals surface area contributed by atoms with Gasteiger partial charge in [-0.3, -0.25) is 0 Å². The Hall–Kier alpha value is -1.22. The van der Waals surface area contributed by atoms with Crippen LogP contribution >= 0.6 is 0 Å². The zero-order valence-electron chi connectivity index (χ0n) is 10.0. The maximum atomic E-state index is 10.0. The molecule has 0 heterocycles. The fourth-order valence-electron chi connectivity index (χ4n) is 2.41. The molecule has 3 nitrogen and oxygen atoms in total. The molecule has 3 heteroatoms. The molecule has 17 heavy (non-hydrogen) atoms. The normalized spacial score (nSPS) is 18.9. The third-order valence-electron chi connectivity index (χ3n) is 3.47. The molecule has 0 aliphatic heterocycles. The molecule has 1 aromatic carbocycles. The van der Waals surface area contributed by atoms with E-state index >= 15 is 0 Å². The molecule has 1 aliphatic rings. The van der Waals surface area contributed by atoms with Crippen LogP contribution in [0, 0.1) is 5.92 Å².